The van der Waals surface area contributed by atoms with Gasteiger partial charge in [-0.1, -0.05) is 6.07 Å². The third kappa shape index (κ3) is 3.38. The van der Waals surface area contributed by atoms with E-state index in [1.807, 2.05) is 0 Å². The van der Waals surface area contributed by atoms with Crippen molar-refractivity contribution in [3.05, 3.63) is 47.7 Å². The predicted molar refractivity (Wildman–Crippen MR) is 95.0 cm³/mol. The molecule has 0 atom stereocenters. The number of imidazole rings is 1. The van der Waals surface area contributed by atoms with Gasteiger partial charge in [0.2, 0.25) is 0 Å². The number of aromatic nitrogens is 4. The second kappa shape index (κ2) is 7.85. The van der Waals surface area contributed by atoms with Crippen molar-refractivity contribution in [1.29, 1.82) is 0 Å². The Morgan fingerprint density at radius 3 is 2.50 bits per heavy atom. The Morgan fingerprint density at radius 2 is 1.89 bits per heavy atom. The van der Waals surface area contributed by atoms with E-state index in [9.17, 15) is 18.0 Å². The van der Waals surface area contributed by atoms with Crippen LogP contribution >= 0.6 is 0 Å². The summed E-state index contributed by atoms with van der Waals surface area (Å²) in [6.07, 6.45) is 2.67. The van der Waals surface area contributed by atoms with Crippen LogP contribution in [0.15, 0.2) is 24.5 Å². The number of benzene rings is 1. The average molecular weight is 393 g/mol. The first-order valence-corrected chi connectivity index (χ1v) is 8.30. The van der Waals surface area contributed by atoms with Gasteiger partial charge in [0.05, 0.1) is 25.0 Å². The molecule has 28 heavy (non-hydrogen) atoms. The number of rotatable bonds is 7. The van der Waals surface area contributed by atoms with Gasteiger partial charge >= 0.3 is 0 Å². The SMILES string of the molecule is COCCn1cc(-c2ccc(-c3cnc(C(N)=O)n3C)c(F)c2F)c(CF)n1. The van der Waals surface area contributed by atoms with Gasteiger partial charge in [-0.2, -0.15) is 5.10 Å². The Hall–Kier alpha value is -3.14. The molecule has 0 spiro atoms. The lowest BCUT2D eigenvalue weighted by atomic mass is 10.0. The molecule has 2 heterocycles. The second-order valence-electron chi connectivity index (χ2n) is 6.06. The first-order valence-electron chi connectivity index (χ1n) is 8.30. The van der Waals surface area contributed by atoms with Crippen LogP contribution in [-0.2, 0) is 25.0 Å². The van der Waals surface area contributed by atoms with Crippen molar-refractivity contribution in [3.8, 4) is 22.4 Å². The molecule has 3 rings (SSSR count). The number of nitrogens with two attached hydrogens (primary N) is 1. The van der Waals surface area contributed by atoms with Crippen LogP contribution in [0.1, 0.15) is 16.3 Å². The molecule has 0 radical (unpaired) electrons. The van der Waals surface area contributed by atoms with E-state index in [0.29, 0.717) is 13.2 Å². The summed E-state index contributed by atoms with van der Waals surface area (Å²) in [6.45, 7) is -0.246. The molecular formula is C18H18F3N5O2. The second-order valence-corrected chi connectivity index (χ2v) is 6.06. The van der Waals surface area contributed by atoms with Gasteiger partial charge in [0.1, 0.15) is 12.4 Å². The normalized spacial score (nSPS) is 11.2. The van der Waals surface area contributed by atoms with E-state index in [0.717, 1.165) is 0 Å². The highest BCUT2D eigenvalue weighted by Gasteiger charge is 2.22. The van der Waals surface area contributed by atoms with Crippen LogP contribution in [0.5, 0.6) is 0 Å². The monoisotopic (exact) mass is 393 g/mol. The van der Waals surface area contributed by atoms with Crippen molar-refractivity contribution >= 4 is 5.91 Å². The highest BCUT2D eigenvalue weighted by molar-refractivity contribution is 5.90. The Labute approximate surface area is 158 Å². The van der Waals surface area contributed by atoms with Crippen molar-refractivity contribution < 1.29 is 22.7 Å². The third-order valence-corrected chi connectivity index (χ3v) is 4.35. The molecule has 1 aromatic carbocycles. The lowest BCUT2D eigenvalue weighted by molar-refractivity contribution is 0.0987. The number of nitrogens with zero attached hydrogens (tertiary/aromatic N) is 4. The number of methoxy groups -OCH3 is 1. The summed E-state index contributed by atoms with van der Waals surface area (Å²) in [5, 5.41) is 4.04. The first-order chi connectivity index (χ1) is 13.4. The van der Waals surface area contributed by atoms with Gasteiger partial charge in [0.25, 0.3) is 5.91 Å². The van der Waals surface area contributed by atoms with Crippen molar-refractivity contribution in [2.24, 2.45) is 12.8 Å². The molecule has 0 aliphatic heterocycles. The quantitative estimate of drug-likeness (QED) is 0.668. The van der Waals surface area contributed by atoms with E-state index in [2.05, 4.69) is 10.1 Å². The van der Waals surface area contributed by atoms with E-state index >= 15 is 0 Å². The van der Waals surface area contributed by atoms with Gasteiger partial charge in [-0.05, 0) is 6.07 Å². The van der Waals surface area contributed by atoms with Crippen LogP contribution in [0, 0.1) is 11.6 Å². The van der Waals surface area contributed by atoms with Crippen molar-refractivity contribution in [2.45, 2.75) is 13.2 Å². The molecular weight excluding hydrogens is 375 g/mol. The number of alkyl halides is 1. The predicted octanol–water partition coefficient (Wildman–Crippen LogP) is 2.44. The molecule has 0 unspecified atom stereocenters. The molecule has 10 heteroatoms. The summed E-state index contributed by atoms with van der Waals surface area (Å²) >= 11 is 0. The first kappa shape index (κ1) is 19.6. The van der Waals surface area contributed by atoms with Crippen LogP contribution in [-0.4, -0.2) is 39.0 Å². The topological polar surface area (TPSA) is 88.0 Å². The fraction of sp³-hybridized carbons (Fsp3) is 0.278. The largest absolute Gasteiger partial charge is 0.383 e. The minimum atomic E-state index is -1.15. The molecule has 0 saturated heterocycles. The summed E-state index contributed by atoms with van der Waals surface area (Å²) in [5.41, 5.74) is 5.32. The zero-order valence-corrected chi connectivity index (χ0v) is 15.2. The molecule has 2 N–H and O–H groups in total. The van der Waals surface area contributed by atoms with Crippen LogP contribution in [0.3, 0.4) is 0 Å². The van der Waals surface area contributed by atoms with Crippen LogP contribution in [0.4, 0.5) is 13.2 Å². The number of ether oxygens (including phenoxy) is 1. The number of hydrogen-bond acceptors (Lipinski definition) is 4. The summed E-state index contributed by atoms with van der Waals surface area (Å²) in [6, 6.07) is 2.67. The fourth-order valence-electron chi connectivity index (χ4n) is 2.93. The van der Waals surface area contributed by atoms with Gasteiger partial charge in [-0.3, -0.25) is 9.48 Å². The number of hydrogen-bond donors (Lipinski definition) is 1. The van der Waals surface area contributed by atoms with Crippen molar-refractivity contribution in [1.82, 2.24) is 19.3 Å². The summed E-state index contributed by atoms with van der Waals surface area (Å²) < 4.78 is 50.6. The van der Waals surface area contributed by atoms with Crippen molar-refractivity contribution in [3.63, 3.8) is 0 Å². The van der Waals surface area contributed by atoms with E-state index in [1.165, 1.54) is 47.9 Å². The molecule has 0 aliphatic rings. The maximum Gasteiger partial charge on any atom is 0.284 e. The minimum absolute atomic E-state index is 0.00120. The number of carbonyl (C=O) groups excluding carboxylic acids is 1. The Morgan fingerprint density at radius 1 is 1.21 bits per heavy atom. The zero-order valence-electron chi connectivity index (χ0n) is 15.2. The molecule has 0 aliphatic carbocycles. The molecule has 0 fully saturated rings. The Kier molecular flexibility index (Phi) is 5.50. The van der Waals surface area contributed by atoms with E-state index < -0.39 is 24.2 Å². The highest BCUT2D eigenvalue weighted by Crippen LogP contribution is 2.33. The molecule has 3 aromatic rings. The standard InChI is InChI=1S/C18H18F3N5O2/c1-25-14(8-23-18(25)17(22)27)11-4-3-10(15(20)16(11)21)12-9-26(5-6-28-2)24-13(12)7-19/h3-4,8-9H,5-7H2,1-2H3,(H2,22,27). The highest BCUT2D eigenvalue weighted by atomic mass is 19.2. The van der Waals surface area contributed by atoms with E-state index in [-0.39, 0.29) is 33.9 Å². The smallest absolute Gasteiger partial charge is 0.284 e. The minimum Gasteiger partial charge on any atom is -0.383 e. The summed E-state index contributed by atoms with van der Waals surface area (Å²) in [4.78, 5) is 15.1. The maximum absolute atomic E-state index is 14.8. The van der Waals surface area contributed by atoms with Gasteiger partial charge in [0, 0.05) is 37.0 Å². The number of amides is 1. The molecule has 148 valence electrons. The van der Waals surface area contributed by atoms with Crippen LogP contribution < -0.4 is 5.73 Å². The van der Waals surface area contributed by atoms with Gasteiger partial charge < -0.3 is 15.0 Å². The number of primary amides is 1. The average Bonchev–Trinajstić information content (AvgIpc) is 3.25. The molecule has 1 amide bonds. The van der Waals surface area contributed by atoms with Gasteiger partial charge in [-0.25, -0.2) is 18.2 Å². The Balaban J connectivity index is 2.06. The summed E-state index contributed by atoms with van der Waals surface area (Å²) in [5.74, 6) is -3.17. The molecule has 2 aromatic heterocycles. The molecule has 0 saturated carbocycles. The fourth-order valence-corrected chi connectivity index (χ4v) is 2.93. The van der Waals surface area contributed by atoms with E-state index in [4.69, 9.17) is 10.5 Å². The lowest BCUT2D eigenvalue weighted by Crippen LogP contribution is -2.17. The Bertz CT molecular complexity index is 1030. The van der Waals surface area contributed by atoms with Gasteiger partial charge in [-0.15, -0.1) is 0 Å². The number of carbonyl (C=O) groups is 1. The third-order valence-electron chi connectivity index (χ3n) is 4.35. The number of halogens is 3. The zero-order chi connectivity index (χ0) is 20.4. The molecule has 7 nitrogen and oxygen atoms in total. The maximum atomic E-state index is 14.8. The molecule has 0 bridgehead atoms. The van der Waals surface area contributed by atoms with Crippen molar-refractivity contribution in [2.75, 3.05) is 13.7 Å². The van der Waals surface area contributed by atoms with Crippen LogP contribution in [0.25, 0.3) is 22.4 Å². The summed E-state index contributed by atoms with van der Waals surface area (Å²) in [7, 11) is 2.98. The van der Waals surface area contributed by atoms with Gasteiger partial charge in [0.15, 0.2) is 17.5 Å². The lowest BCUT2D eigenvalue weighted by Gasteiger charge is -2.09. The van der Waals surface area contributed by atoms with Crippen LogP contribution in [0.2, 0.25) is 0 Å². The van der Waals surface area contributed by atoms with E-state index in [1.54, 1.807) is 0 Å².